The Balaban J connectivity index is 2.02. The van der Waals surface area contributed by atoms with Gasteiger partial charge in [-0.05, 0) is 50.8 Å². The second-order valence-corrected chi connectivity index (χ2v) is 7.16. The minimum absolute atomic E-state index is 0.0190. The van der Waals surface area contributed by atoms with E-state index in [4.69, 9.17) is 0 Å². The first-order valence-electron chi connectivity index (χ1n) is 8.62. The summed E-state index contributed by atoms with van der Waals surface area (Å²) in [6.07, 6.45) is 2.20. The van der Waals surface area contributed by atoms with Gasteiger partial charge in [0.25, 0.3) is 5.91 Å². The van der Waals surface area contributed by atoms with E-state index in [1.807, 2.05) is 29.2 Å². The Labute approximate surface area is 144 Å². The molecule has 0 aromatic heterocycles. The van der Waals surface area contributed by atoms with Crippen LogP contribution >= 0.6 is 0 Å². The molecule has 1 N–H and O–H groups in total. The van der Waals surface area contributed by atoms with Crippen LogP contribution in [-0.4, -0.2) is 58.5 Å². The van der Waals surface area contributed by atoms with Crippen molar-refractivity contribution in [1.29, 1.82) is 0 Å². The fourth-order valence-electron chi connectivity index (χ4n) is 2.93. The number of aryl methyl sites for hydroxylation is 1. The maximum atomic E-state index is 12.8. The fraction of sp³-hybridized carbons (Fsp3) is 0.579. The van der Waals surface area contributed by atoms with Crippen molar-refractivity contribution in [2.24, 2.45) is 0 Å². The number of hydrogen-bond acceptors (Lipinski definition) is 3. The highest BCUT2D eigenvalue weighted by Crippen LogP contribution is 2.16. The largest absolute Gasteiger partial charge is 0.390 e. The molecule has 2 amide bonds. The second kappa shape index (κ2) is 7.79. The molecule has 1 aliphatic rings. The van der Waals surface area contributed by atoms with Gasteiger partial charge in [0, 0.05) is 38.7 Å². The summed E-state index contributed by atoms with van der Waals surface area (Å²) in [7, 11) is 0. The first-order valence-corrected chi connectivity index (χ1v) is 8.62. The zero-order chi connectivity index (χ0) is 17.7. The Morgan fingerprint density at radius 2 is 1.79 bits per heavy atom. The normalized spacial score (nSPS) is 16.0. The van der Waals surface area contributed by atoms with Gasteiger partial charge in [0.2, 0.25) is 5.91 Å². The van der Waals surface area contributed by atoms with Crippen molar-refractivity contribution < 1.29 is 14.7 Å². The van der Waals surface area contributed by atoms with Gasteiger partial charge in [-0.3, -0.25) is 9.59 Å². The molecule has 1 fully saturated rings. The molecule has 0 atom stereocenters. The van der Waals surface area contributed by atoms with Gasteiger partial charge in [-0.1, -0.05) is 12.1 Å². The molecule has 132 valence electrons. The standard InChI is InChI=1S/C19H28N2O3/c1-15(22)20-10-5-11-21(13-12-20)18(23)17-7-4-6-16(14-17)8-9-19(2,3)24/h4,6-7,14,24H,5,8-13H2,1-3H3. The quantitative estimate of drug-likeness (QED) is 0.918. The van der Waals surface area contributed by atoms with E-state index in [1.165, 1.54) is 0 Å². The van der Waals surface area contributed by atoms with E-state index in [0.717, 1.165) is 18.4 Å². The summed E-state index contributed by atoms with van der Waals surface area (Å²) in [4.78, 5) is 27.9. The third-order valence-corrected chi connectivity index (χ3v) is 4.43. The minimum Gasteiger partial charge on any atom is -0.390 e. The molecule has 2 rings (SSSR count). The van der Waals surface area contributed by atoms with Crippen molar-refractivity contribution in [1.82, 2.24) is 9.80 Å². The van der Waals surface area contributed by atoms with Crippen LogP contribution in [-0.2, 0) is 11.2 Å². The number of carbonyl (C=O) groups is 2. The van der Waals surface area contributed by atoms with Crippen molar-refractivity contribution in [2.75, 3.05) is 26.2 Å². The van der Waals surface area contributed by atoms with Crippen molar-refractivity contribution in [3.8, 4) is 0 Å². The van der Waals surface area contributed by atoms with Crippen LogP contribution in [0.5, 0.6) is 0 Å². The third kappa shape index (κ3) is 5.34. The predicted molar refractivity (Wildman–Crippen MR) is 93.8 cm³/mol. The van der Waals surface area contributed by atoms with Crippen LogP contribution in [0.4, 0.5) is 0 Å². The highest BCUT2D eigenvalue weighted by atomic mass is 16.3. The van der Waals surface area contributed by atoms with Crippen LogP contribution in [0.2, 0.25) is 0 Å². The molecule has 1 aromatic carbocycles. The highest BCUT2D eigenvalue weighted by Gasteiger charge is 2.21. The summed E-state index contributed by atoms with van der Waals surface area (Å²) in [6, 6.07) is 7.64. The summed E-state index contributed by atoms with van der Waals surface area (Å²) in [6.45, 7) is 7.72. The van der Waals surface area contributed by atoms with E-state index in [1.54, 1.807) is 25.7 Å². The van der Waals surface area contributed by atoms with Crippen molar-refractivity contribution >= 4 is 11.8 Å². The van der Waals surface area contributed by atoms with Gasteiger partial charge in [-0.25, -0.2) is 0 Å². The topological polar surface area (TPSA) is 60.9 Å². The number of rotatable bonds is 4. The molecule has 1 aliphatic heterocycles. The molecule has 0 saturated carbocycles. The SMILES string of the molecule is CC(=O)N1CCCN(C(=O)c2cccc(CCC(C)(C)O)c2)CC1. The molecule has 1 aromatic rings. The summed E-state index contributed by atoms with van der Waals surface area (Å²) in [5, 5.41) is 9.85. The zero-order valence-corrected chi connectivity index (χ0v) is 14.9. The Hall–Kier alpha value is -1.88. The number of carbonyl (C=O) groups excluding carboxylic acids is 2. The molecular weight excluding hydrogens is 304 g/mol. The Kier molecular flexibility index (Phi) is 5.99. The van der Waals surface area contributed by atoms with E-state index in [9.17, 15) is 14.7 Å². The Morgan fingerprint density at radius 3 is 2.46 bits per heavy atom. The lowest BCUT2D eigenvalue weighted by molar-refractivity contribution is -0.128. The third-order valence-electron chi connectivity index (χ3n) is 4.43. The summed E-state index contributed by atoms with van der Waals surface area (Å²) >= 11 is 0. The monoisotopic (exact) mass is 332 g/mol. The minimum atomic E-state index is -0.707. The van der Waals surface area contributed by atoms with Gasteiger partial charge >= 0.3 is 0 Å². The molecule has 0 aliphatic carbocycles. The molecule has 0 unspecified atom stereocenters. The average molecular weight is 332 g/mol. The number of nitrogens with zero attached hydrogens (tertiary/aromatic N) is 2. The van der Waals surface area contributed by atoms with E-state index in [0.29, 0.717) is 38.2 Å². The molecule has 5 heteroatoms. The lowest BCUT2D eigenvalue weighted by Gasteiger charge is -2.22. The smallest absolute Gasteiger partial charge is 0.253 e. The van der Waals surface area contributed by atoms with Gasteiger partial charge in [-0.15, -0.1) is 0 Å². The maximum Gasteiger partial charge on any atom is 0.253 e. The molecule has 0 spiro atoms. The summed E-state index contributed by atoms with van der Waals surface area (Å²) in [5.74, 6) is 0.0865. The lowest BCUT2D eigenvalue weighted by atomic mass is 9.97. The first kappa shape index (κ1) is 18.5. The molecular formula is C19H28N2O3. The van der Waals surface area contributed by atoms with Crippen molar-refractivity contribution in [2.45, 2.75) is 45.6 Å². The van der Waals surface area contributed by atoms with E-state index in [2.05, 4.69) is 0 Å². The molecule has 0 radical (unpaired) electrons. The second-order valence-electron chi connectivity index (χ2n) is 7.16. The van der Waals surface area contributed by atoms with E-state index in [-0.39, 0.29) is 11.8 Å². The van der Waals surface area contributed by atoms with E-state index < -0.39 is 5.60 Å². The van der Waals surface area contributed by atoms with Crippen molar-refractivity contribution in [3.63, 3.8) is 0 Å². The van der Waals surface area contributed by atoms with Gasteiger partial charge in [-0.2, -0.15) is 0 Å². The summed E-state index contributed by atoms with van der Waals surface area (Å²) in [5.41, 5.74) is 1.03. The van der Waals surface area contributed by atoms with Gasteiger partial charge in [0.1, 0.15) is 0 Å². The van der Waals surface area contributed by atoms with Crippen LogP contribution in [0, 0.1) is 0 Å². The molecule has 24 heavy (non-hydrogen) atoms. The molecule has 5 nitrogen and oxygen atoms in total. The van der Waals surface area contributed by atoms with Crippen LogP contribution in [0.1, 0.15) is 49.5 Å². The van der Waals surface area contributed by atoms with Crippen LogP contribution < -0.4 is 0 Å². The Morgan fingerprint density at radius 1 is 1.12 bits per heavy atom. The fourth-order valence-corrected chi connectivity index (χ4v) is 2.93. The first-order chi connectivity index (χ1) is 11.3. The van der Waals surface area contributed by atoms with E-state index >= 15 is 0 Å². The highest BCUT2D eigenvalue weighted by molar-refractivity contribution is 5.94. The number of hydrogen-bond donors (Lipinski definition) is 1. The van der Waals surface area contributed by atoms with Gasteiger partial charge < -0.3 is 14.9 Å². The maximum absolute atomic E-state index is 12.8. The molecule has 1 saturated heterocycles. The van der Waals surface area contributed by atoms with Crippen molar-refractivity contribution in [3.05, 3.63) is 35.4 Å². The lowest BCUT2D eigenvalue weighted by Crippen LogP contribution is -2.36. The van der Waals surface area contributed by atoms with Gasteiger partial charge in [0.05, 0.1) is 5.60 Å². The molecule has 1 heterocycles. The summed E-state index contributed by atoms with van der Waals surface area (Å²) < 4.78 is 0. The average Bonchev–Trinajstić information content (AvgIpc) is 2.78. The molecule has 0 bridgehead atoms. The number of benzene rings is 1. The van der Waals surface area contributed by atoms with Gasteiger partial charge in [0.15, 0.2) is 0 Å². The van der Waals surface area contributed by atoms with Crippen LogP contribution in [0.25, 0.3) is 0 Å². The predicted octanol–water partition coefficient (Wildman–Crippen LogP) is 2.08. The number of amides is 2. The van der Waals surface area contributed by atoms with Crippen LogP contribution in [0.3, 0.4) is 0 Å². The van der Waals surface area contributed by atoms with Crippen LogP contribution in [0.15, 0.2) is 24.3 Å². The number of aliphatic hydroxyl groups is 1. The zero-order valence-electron chi connectivity index (χ0n) is 14.9. The Bertz CT molecular complexity index is 593.